The van der Waals surface area contributed by atoms with Crippen LogP contribution in [-0.2, 0) is 6.42 Å². The van der Waals surface area contributed by atoms with Crippen molar-refractivity contribution in [2.75, 3.05) is 0 Å². The minimum Gasteiger partial charge on any atom is -0.360 e. The Balaban J connectivity index is 1.66. The molecule has 17 heavy (non-hydrogen) atoms. The number of benzene rings is 1. The second kappa shape index (κ2) is 6.01. The minimum absolute atomic E-state index is 0.425. The fourth-order valence-electron chi connectivity index (χ4n) is 1.78. The third-order valence-corrected chi connectivity index (χ3v) is 3.23. The molecule has 0 spiro atoms. The van der Waals surface area contributed by atoms with Gasteiger partial charge in [0.25, 0.3) is 0 Å². The van der Waals surface area contributed by atoms with Gasteiger partial charge in [0.05, 0.1) is 0 Å². The summed E-state index contributed by atoms with van der Waals surface area (Å²) >= 11 is 5.26. The Morgan fingerprint density at radius 1 is 1.35 bits per heavy atom. The van der Waals surface area contributed by atoms with Gasteiger partial charge in [0.15, 0.2) is 5.11 Å². The van der Waals surface area contributed by atoms with E-state index in [-0.39, 0.29) is 0 Å². The second-order valence-electron chi connectivity index (χ2n) is 4.82. The zero-order valence-corrected chi connectivity index (χ0v) is 11.1. The van der Waals surface area contributed by atoms with Crippen LogP contribution in [0.2, 0.25) is 0 Å². The standard InChI is InChI=1S/C14H20N2S/c1-11(15-14(17)16-13-9-10-13)7-8-12-5-3-2-4-6-12/h2-6,11,13H,7-10H2,1H3,(H2,15,16,17)/t11-/m1/s1. The fourth-order valence-corrected chi connectivity index (χ4v) is 2.15. The predicted molar refractivity (Wildman–Crippen MR) is 76.1 cm³/mol. The van der Waals surface area contributed by atoms with Crippen LogP contribution in [0.25, 0.3) is 0 Å². The van der Waals surface area contributed by atoms with Gasteiger partial charge in [-0.3, -0.25) is 0 Å². The quantitative estimate of drug-likeness (QED) is 0.783. The van der Waals surface area contributed by atoms with E-state index in [9.17, 15) is 0 Å². The third-order valence-electron chi connectivity index (χ3n) is 3.00. The van der Waals surface area contributed by atoms with Crippen LogP contribution in [-0.4, -0.2) is 17.2 Å². The van der Waals surface area contributed by atoms with Gasteiger partial charge in [-0.25, -0.2) is 0 Å². The van der Waals surface area contributed by atoms with Gasteiger partial charge in [-0.15, -0.1) is 0 Å². The summed E-state index contributed by atoms with van der Waals surface area (Å²) in [7, 11) is 0. The SMILES string of the molecule is C[C@H](CCc1ccccc1)NC(=S)NC1CC1. The largest absolute Gasteiger partial charge is 0.360 e. The van der Waals surface area contributed by atoms with Crippen molar-refractivity contribution >= 4 is 17.3 Å². The van der Waals surface area contributed by atoms with E-state index >= 15 is 0 Å². The van der Waals surface area contributed by atoms with Gasteiger partial charge in [0.2, 0.25) is 0 Å². The average Bonchev–Trinajstić information content (AvgIpc) is 3.11. The molecule has 0 radical (unpaired) electrons. The molecule has 1 aromatic rings. The Morgan fingerprint density at radius 2 is 2.06 bits per heavy atom. The first-order valence-corrected chi connectivity index (χ1v) is 6.76. The predicted octanol–water partition coefficient (Wildman–Crippen LogP) is 2.63. The molecule has 1 fully saturated rings. The van der Waals surface area contributed by atoms with Gasteiger partial charge < -0.3 is 10.6 Å². The molecule has 1 saturated carbocycles. The monoisotopic (exact) mass is 248 g/mol. The first-order chi connectivity index (χ1) is 8.24. The Hall–Kier alpha value is -1.09. The summed E-state index contributed by atoms with van der Waals surface area (Å²) in [5.41, 5.74) is 1.39. The van der Waals surface area contributed by atoms with Gasteiger partial charge >= 0.3 is 0 Å². The van der Waals surface area contributed by atoms with Crippen molar-refractivity contribution in [2.24, 2.45) is 0 Å². The molecule has 0 aliphatic heterocycles. The van der Waals surface area contributed by atoms with Crippen LogP contribution in [0, 0.1) is 0 Å². The van der Waals surface area contributed by atoms with E-state index in [0.29, 0.717) is 12.1 Å². The highest BCUT2D eigenvalue weighted by Gasteiger charge is 2.21. The van der Waals surface area contributed by atoms with Crippen LogP contribution >= 0.6 is 12.2 Å². The normalized spacial score (nSPS) is 16.3. The van der Waals surface area contributed by atoms with Crippen LogP contribution in [0.1, 0.15) is 31.7 Å². The first-order valence-electron chi connectivity index (χ1n) is 6.35. The summed E-state index contributed by atoms with van der Waals surface area (Å²) in [4.78, 5) is 0. The Bertz CT molecular complexity index is 360. The third kappa shape index (κ3) is 4.73. The fraction of sp³-hybridized carbons (Fsp3) is 0.500. The van der Waals surface area contributed by atoms with Crippen molar-refractivity contribution < 1.29 is 0 Å². The second-order valence-corrected chi connectivity index (χ2v) is 5.23. The Morgan fingerprint density at radius 3 is 2.71 bits per heavy atom. The molecule has 1 aromatic carbocycles. The molecule has 0 aromatic heterocycles. The number of hydrogen-bond acceptors (Lipinski definition) is 1. The summed E-state index contributed by atoms with van der Waals surface area (Å²) in [6.45, 7) is 2.18. The van der Waals surface area contributed by atoms with Crippen LogP contribution < -0.4 is 10.6 Å². The van der Waals surface area contributed by atoms with Crippen molar-refractivity contribution in [1.82, 2.24) is 10.6 Å². The molecule has 2 rings (SSSR count). The summed E-state index contributed by atoms with van der Waals surface area (Å²) < 4.78 is 0. The molecular weight excluding hydrogens is 228 g/mol. The maximum absolute atomic E-state index is 5.26. The molecule has 0 unspecified atom stereocenters. The van der Waals surface area contributed by atoms with E-state index in [1.165, 1.54) is 18.4 Å². The highest BCUT2D eigenvalue weighted by Crippen LogP contribution is 2.18. The molecule has 0 saturated heterocycles. The zero-order valence-electron chi connectivity index (χ0n) is 10.3. The van der Waals surface area contributed by atoms with Crippen LogP contribution in [0.5, 0.6) is 0 Å². The molecule has 0 heterocycles. The molecule has 0 bridgehead atoms. The molecule has 92 valence electrons. The average molecular weight is 248 g/mol. The van der Waals surface area contributed by atoms with E-state index in [2.05, 4.69) is 47.9 Å². The molecule has 1 aliphatic carbocycles. The topological polar surface area (TPSA) is 24.1 Å². The summed E-state index contributed by atoms with van der Waals surface area (Å²) in [5.74, 6) is 0. The van der Waals surface area contributed by atoms with Crippen molar-refractivity contribution in [2.45, 2.75) is 44.7 Å². The van der Waals surface area contributed by atoms with Gasteiger partial charge in [-0.1, -0.05) is 30.3 Å². The summed E-state index contributed by atoms with van der Waals surface area (Å²) in [5, 5.41) is 7.46. The van der Waals surface area contributed by atoms with E-state index in [0.717, 1.165) is 18.0 Å². The van der Waals surface area contributed by atoms with Crippen LogP contribution in [0.4, 0.5) is 0 Å². The number of hydrogen-bond donors (Lipinski definition) is 2. The molecule has 2 nitrogen and oxygen atoms in total. The highest BCUT2D eigenvalue weighted by molar-refractivity contribution is 7.80. The van der Waals surface area contributed by atoms with E-state index in [1.807, 2.05) is 0 Å². The van der Waals surface area contributed by atoms with E-state index in [1.54, 1.807) is 0 Å². The van der Waals surface area contributed by atoms with Gasteiger partial charge in [-0.05, 0) is 50.4 Å². The number of rotatable bonds is 5. The van der Waals surface area contributed by atoms with E-state index in [4.69, 9.17) is 12.2 Å². The minimum atomic E-state index is 0.425. The van der Waals surface area contributed by atoms with Crippen LogP contribution in [0.15, 0.2) is 30.3 Å². The Kier molecular flexibility index (Phi) is 4.37. The van der Waals surface area contributed by atoms with Crippen molar-refractivity contribution in [3.8, 4) is 0 Å². The molecule has 1 aliphatic rings. The first kappa shape index (κ1) is 12.4. The van der Waals surface area contributed by atoms with Crippen molar-refractivity contribution in [1.29, 1.82) is 0 Å². The van der Waals surface area contributed by atoms with Crippen LogP contribution in [0.3, 0.4) is 0 Å². The molecule has 2 N–H and O–H groups in total. The van der Waals surface area contributed by atoms with E-state index < -0.39 is 0 Å². The lowest BCUT2D eigenvalue weighted by Gasteiger charge is -2.16. The number of thiocarbonyl (C=S) groups is 1. The lowest BCUT2D eigenvalue weighted by Crippen LogP contribution is -2.41. The molecule has 1 atom stereocenters. The van der Waals surface area contributed by atoms with Gasteiger partial charge in [0.1, 0.15) is 0 Å². The van der Waals surface area contributed by atoms with Gasteiger partial charge in [-0.2, -0.15) is 0 Å². The lowest BCUT2D eigenvalue weighted by atomic mass is 10.1. The molecule has 0 amide bonds. The maximum atomic E-state index is 5.26. The number of nitrogens with one attached hydrogen (secondary N) is 2. The zero-order chi connectivity index (χ0) is 12.1. The highest BCUT2D eigenvalue weighted by atomic mass is 32.1. The smallest absolute Gasteiger partial charge is 0.166 e. The number of aryl methyl sites for hydroxylation is 1. The van der Waals surface area contributed by atoms with Gasteiger partial charge in [0, 0.05) is 12.1 Å². The lowest BCUT2D eigenvalue weighted by molar-refractivity contribution is 0.599. The van der Waals surface area contributed by atoms with Crippen molar-refractivity contribution in [3.63, 3.8) is 0 Å². The molecular formula is C14H20N2S. The van der Waals surface area contributed by atoms with Crippen molar-refractivity contribution in [3.05, 3.63) is 35.9 Å². The summed E-state index contributed by atoms with van der Waals surface area (Å²) in [6.07, 6.45) is 4.73. The maximum Gasteiger partial charge on any atom is 0.166 e. The summed E-state index contributed by atoms with van der Waals surface area (Å²) in [6, 6.07) is 11.6. The molecule has 3 heteroatoms. The Labute approximate surface area is 109 Å².